The van der Waals surface area contributed by atoms with Crippen molar-refractivity contribution in [2.24, 2.45) is 0 Å². The predicted octanol–water partition coefficient (Wildman–Crippen LogP) is 1.89. The smallest absolute Gasteiger partial charge is 0.278 e. The van der Waals surface area contributed by atoms with E-state index in [1.54, 1.807) is 23.2 Å². The summed E-state index contributed by atoms with van der Waals surface area (Å²) in [6.07, 6.45) is 4.91. The summed E-state index contributed by atoms with van der Waals surface area (Å²) in [5.41, 5.74) is 1.47. The second-order valence-corrected chi connectivity index (χ2v) is 3.77. The Labute approximate surface area is 102 Å². The lowest BCUT2D eigenvalue weighted by atomic mass is 10.3. The second-order valence-electron chi connectivity index (χ2n) is 3.77. The molecule has 3 rings (SSSR count). The molecule has 88 valence electrons. The Morgan fingerprint density at radius 1 is 1.33 bits per heavy atom. The van der Waals surface area contributed by atoms with Crippen LogP contribution < -0.4 is 5.56 Å². The number of aromatic amines is 1. The van der Waals surface area contributed by atoms with Crippen LogP contribution in [0, 0.1) is 0 Å². The Bertz CT molecular complexity index is 785. The number of nitrogens with one attached hydrogen (secondary N) is 1. The monoisotopic (exact) mass is 238 g/mol. The minimum Gasteiger partial charge on any atom is -0.319 e. The summed E-state index contributed by atoms with van der Waals surface area (Å²) in [7, 11) is 0. The number of rotatable bonds is 2. The van der Waals surface area contributed by atoms with Gasteiger partial charge in [-0.1, -0.05) is 18.7 Å². The molecule has 0 bridgehead atoms. The van der Waals surface area contributed by atoms with Gasteiger partial charge in [0.05, 0.1) is 11.0 Å². The van der Waals surface area contributed by atoms with Gasteiger partial charge in [-0.2, -0.15) is 0 Å². The summed E-state index contributed by atoms with van der Waals surface area (Å²) >= 11 is 0. The van der Waals surface area contributed by atoms with Gasteiger partial charge in [0.1, 0.15) is 0 Å². The predicted molar refractivity (Wildman–Crippen MR) is 70.0 cm³/mol. The fraction of sp³-hybridized carbons (Fsp3) is 0. The van der Waals surface area contributed by atoms with E-state index in [4.69, 9.17) is 0 Å². The molecule has 2 heterocycles. The van der Waals surface area contributed by atoms with Crippen LogP contribution in [0.4, 0.5) is 0 Å². The van der Waals surface area contributed by atoms with Crippen LogP contribution in [0.3, 0.4) is 0 Å². The van der Waals surface area contributed by atoms with E-state index in [2.05, 4.69) is 21.5 Å². The third-order valence-corrected chi connectivity index (χ3v) is 2.68. The largest absolute Gasteiger partial charge is 0.319 e. The molecule has 0 aliphatic rings. The highest BCUT2D eigenvalue weighted by atomic mass is 16.1. The van der Waals surface area contributed by atoms with Crippen molar-refractivity contribution >= 4 is 17.2 Å². The molecule has 0 aliphatic heterocycles. The van der Waals surface area contributed by atoms with E-state index >= 15 is 0 Å². The van der Waals surface area contributed by atoms with Crippen LogP contribution in [-0.2, 0) is 0 Å². The van der Waals surface area contributed by atoms with Crippen molar-refractivity contribution in [1.29, 1.82) is 0 Å². The molecule has 0 saturated carbocycles. The molecular weight excluding hydrogens is 228 g/mol. The average Bonchev–Trinajstić information content (AvgIpc) is 2.86. The van der Waals surface area contributed by atoms with Crippen molar-refractivity contribution in [3.05, 3.63) is 53.6 Å². The van der Waals surface area contributed by atoms with E-state index in [0.29, 0.717) is 17.0 Å². The summed E-state index contributed by atoms with van der Waals surface area (Å²) in [6.45, 7) is 3.66. The molecule has 2 aromatic heterocycles. The van der Waals surface area contributed by atoms with Crippen LogP contribution in [0.1, 0.15) is 0 Å². The summed E-state index contributed by atoms with van der Waals surface area (Å²) in [5.74, 6) is 0.483. The molecule has 5 heteroatoms. The lowest BCUT2D eigenvalue weighted by molar-refractivity contribution is 1.10. The van der Waals surface area contributed by atoms with E-state index in [0.717, 1.165) is 5.52 Å². The Morgan fingerprint density at radius 2 is 2.17 bits per heavy atom. The summed E-state index contributed by atoms with van der Waals surface area (Å²) in [4.78, 5) is 23.3. The van der Waals surface area contributed by atoms with E-state index in [1.807, 2.05) is 24.3 Å². The van der Waals surface area contributed by atoms with Gasteiger partial charge < -0.3 is 9.55 Å². The molecule has 0 amide bonds. The van der Waals surface area contributed by atoms with Crippen molar-refractivity contribution in [1.82, 2.24) is 19.5 Å². The average molecular weight is 238 g/mol. The van der Waals surface area contributed by atoms with Crippen LogP contribution in [0.2, 0.25) is 0 Å². The lowest BCUT2D eigenvalue weighted by Gasteiger charge is -2.02. The van der Waals surface area contributed by atoms with E-state index in [9.17, 15) is 4.79 Å². The zero-order valence-electron chi connectivity index (χ0n) is 9.50. The molecule has 3 aromatic rings. The number of hydrogen-bond acceptors (Lipinski definition) is 3. The molecule has 0 radical (unpaired) electrons. The van der Waals surface area contributed by atoms with Gasteiger partial charge in [-0.3, -0.25) is 4.79 Å². The topological polar surface area (TPSA) is 63.6 Å². The standard InChI is InChI=1S/C13H10N4O/c1-2-17-8-7-14-12(17)11-13(18)16-10-6-4-3-5-9(10)15-11/h2-8H,1H2,(H,16,18). The van der Waals surface area contributed by atoms with Crippen molar-refractivity contribution in [2.45, 2.75) is 0 Å². The Balaban J connectivity index is 2.33. The first-order valence-electron chi connectivity index (χ1n) is 5.44. The van der Waals surface area contributed by atoms with Gasteiger partial charge in [-0.25, -0.2) is 9.97 Å². The van der Waals surface area contributed by atoms with Crippen molar-refractivity contribution in [2.75, 3.05) is 0 Å². The van der Waals surface area contributed by atoms with Gasteiger partial charge >= 0.3 is 0 Å². The van der Waals surface area contributed by atoms with Gasteiger partial charge in [-0.15, -0.1) is 0 Å². The zero-order chi connectivity index (χ0) is 12.5. The maximum Gasteiger partial charge on any atom is 0.278 e. The number of fused-ring (bicyclic) bond motifs is 1. The molecule has 18 heavy (non-hydrogen) atoms. The Morgan fingerprint density at radius 3 is 3.00 bits per heavy atom. The number of para-hydroxylation sites is 2. The molecular formula is C13H10N4O. The van der Waals surface area contributed by atoms with Crippen LogP contribution in [0.25, 0.3) is 28.8 Å². The molecule has 1 aromatic carbocycles. The minimum absolute atomic E-state index is 0.261. The van der Waals surface area contributed by atoms with Gasteiger partial charge in [0.2, 0.25) is 0 Å². The van der Waals surface area contributed by atoms with Gasteiger partial charge in [0, 0.05) is 18.6 Å². The van der Waals surface area contributed by atoms with Gasteiger partial charge in [0.25, 0.3) is 5.56 Å². The van der Waals surface area contributed by atoms with Crippen LogP contribution in [0.15, 0.2) is 48.0 Å². The fourth-order valence-electron chi connectivity index (χ4n) is 1.82. The summed E-state index contributed by atoms with van der Waals surface area (Å²) in [6, 6.07) is 7.38. The number of imidazole rings is 1. The molecule has 1 N–H and O–H groups in total. The summed E-state index contributed by atoms with van der Waals surface area (Å²) in [5, 5.41) is 0. The third kappa shape index (κ3) is 1.53. The zero-order valence-corrected chi connectivity index (χ0v) is 9.50. The van der Waals surface area contributed by atoms with Crippen LogP contribution in [-0.4, -0.2) is 19.5 Å². The Kier molecular flexibility index (Phi) is 2.30. The minimum atomic E-state index is -0.261. The highest BCUT2D eigenvalue weighted by Crippen LogP contribution is 2.14. The highest BCUT2D eigenvalue weighted by Gasteiger charge is 2.11. The second kappa shape index (κ2) is 3.96. The first-order chi connectivity index (χ1) is 8.79. The van der Waals surface area contributed by atoms with E-state index in [-0.39, 0.29) is 5.56 Å². The lowest BCUT2D eigenvalue weighted by Crippen LogP contribution is -2.13. The molecule has 0 unspecified atom stereocenters. The number of H-pyrrole nitrogens is 1. The van der Waals surface area contributed by atoms with Crippen molar-refractivity contribution in [3.63, 3.8) is 0 Å². The SMILES string of the molecule is C=Cn1ccnc1-c1nc2ccccc2[nH]c1=O. The maximum absolute atomic E-state index is 12.0. The quantitative estimate of drug-likeness (QED) is 0.741. The van der Waals surface area contributed by atoms with E-state index in [1.165, 1.54) is 0 Å². The highest BCUT2D eigenvalue weighted by molar-refractivity contribution is 5.76. The first kappa shape index (κ1) is 10.5. The van der Waals surface area contributed by atoms with Crippen molar-refractivity contribution < 1.29 is 0 Å². The molecule has 0 atom stereocenters. The van der Waals surface area contributed by atoms with Gasteiger partial charge in [-0.05, 0) is 12.1 Å². The van der Waals surface area contributed by atoms with Crippen LogP contribution >= 0.6 is 0 Å². The number of nitrogens with zero attached hydrogens (tertiary/aromatic N) is 3. The summed E-state index contributed by atoms with van der Waals surface area (Å²) < 4.78 is 1.66. The normalized spacial score (nSPS) is 10.7. The number of benzene rings is 1. The maximum atomic E-state index is 12.0. The molecule has 5 nitrogen and oxygen atoms in total. The third-order valence-electron chi connectivity index (χ3n) is 2.68. The Hall–Kier alpha value is -2.69. The van der Waals surface area contributed by atoms with Crippen LogP contribution in [0.5, 0.6) is 0 Å². The van der Waals surface area contributed by atoms with E-state index < -0.39 is 0 Å². The van der Waals surface area contributed by atoms with Crippen molar-refractivity contribution in [3.8, 4) is 11.5 Å². The molecule has 0 aliphatic carbocycles. The number of aromatic nitrogens is 4. The number of hydrogen-bond donors (Lipinski definition) is 1. The van der Waals surface area contributed by atoms with Gasteiger partial charge in [0.15, 0.2) is 11.5 Å². The fourth-order valence-corrected chi connectivity index (χ4v) is 1.82. The first-order valence-corrected chi connectivity index (χ1v) is 5.44. The molecule has 0 saturated heterocycles. The molecule has 0 fully saturated rings. The molecule has 0 spiro atoms.